The number of benzene rings is 1. The van der Waals surface area contributed by atoms with Crippen LogP contribution in [0.3, 0.4) is 0 Å². The van der Waals surface area contributed by atoms with Crippen molar-refractivity contribution in [1.82, 2.24) is 4.72 Å². The highest BCUT2D eigenvalue weighted by Gasteiger charge is 2.25. The minimum absolute atomic E-state index is 0.451. The molecule has 0 aliphatic carbocycles. The van der Waals surface area contributed by atoms with Crippen LogP contribution >= 0.6 is 0 Å². The van der Waals surface area contributed by atoms with Gasteiger partial charge in [-0.25, -0.2) is 26.3 Å². The molecule has 0 aliphatic rings. The molecule has 20 heavy (non-hydrogen) atoms. The highest BCUT2D eigenvalue weighted by Crippen LogP contribution is 2.21. The number of sulfonamides is 1. The summed E-state index contributed by atoms with van der Waals surface area (Å²) in [6, 6.07) is 1.77. The van der Waals surface area contributed by atoms with Crippen LogP contribution in [-0.2, 0) is 10.0 Å². The molecule has 2 N–H and O–H groups in total. The fraction of sp³-hybridized carbons (Fsp3) is 0.333. The van der Waals surface area contributed by atoms with Crippen molar-refractivity contribution >= 4 is 15.7 Å². The van der Waals surface area contributed by atoms with Gasteiger partial charge >= 0.3 is 0 Å². The Kier molecular flexibility index (Phi) is 5.03. The first-order chi connectivity index (χ1) is 9.15. The third-order valence-corrected chi connectivity index (χ3v) is 3.63. The number of nitrogens with one attached hydrogen (secondary N) is 1. The van der Waals surface area contributed by atoms with E-state index in [9.17, 15) is 31.7 Å². The average molecular weight is 314 g/mol. The van der Waals surface area contributed by atoms with Crippen molar-refractivity contribution in [3.63, 3.8) is 0 Å². The van der Waals surface area contributed by atoms with Crippen molar-refractivity contribution < 1.29 is 31.6 Å². The zero-order valence-corrected chi connectivity index (χ0v) is 10.5. The van der Waals surface area contributed by atoms with E-state index in [0.29, 0.717) is 12.1 Å². The fourth-order valence-electron chi connectivity index (χ4n) is 1.17. The Morgan fingerprint density at radius 2 is 2.00 bits per heavy atom. The lowest BCUT2D eigenvalue weighted by atomic mass is 10.3. The maximum absolute atomic E-state index is 13.4. The molecule has 0 heterocycles. The molecule has 11 heteroatoms. The summed E-state index contributed by atoms with van der Waals surface area (Å²) in [6.07, 6.45) is -5.46. The Hall–Kier alpha value is -1.72. The molecule has 0 spiro atoms. The first-order valence-electron chi connectivity index (χ1n) is 5.05. The Balaban J connectivity index is 3.03. The predicted molar refractivity (Wildman–Crippen MR) is 60.3 cm³/mol. The topological polar surface area (TPSA) is 110 Å². The van der Waals surface area contributed by atoms with E-state index < -0.39 is 50.4 Å². The summed E-state index contributed by atoms with van der Waals surface area (Å²) < 4.78 is 62.2. The van der Waals surface area contributed by atoms with Gasteiger partial charge in [-0.05, 0) is 6.07 Å². The van der Waals surface area contributed by atoms with Crippen molar-refractivity contribution in [2.45, 2.75) is 17.4 Å². The van der Waals surface area contributed by atoms with Gasteiger partial charge in [-0.3, -0.25) is 10.1 Å². The van der Waals surface area contributed by atoms with Crippen LogP contribution in [0.1, 0.15) is 0 Å². The monoisotopic (exact) mass is 314 g/mol. The van der Waals surface area contributed by atoms with Crippen LogP contribution < -0.4 is 4.72 Å². The first kappa shape index (κ1) is 16.3. The molecule has 1 unspecified atom stereocenters. The zero-order valence-electron chi connectivity index (χ0n) is 9.66. The molecule has 0 radical (unpaired) electrons. The molecular weight excluding hydrogens is 305 g/mol. The van der Waals surface area contributed by atoms with Crippen LogP contribution in [-0.4, -0.2) is 37.5 Å². The van der Waals surface area contributed by atoms with Crippen LogP contribution in [0.15, 0.2) is 23.1 Å². The van der Waals surface area contributed by atoms with Crippen molar-refractivity contribution in [3.8, 4) is 0 Å². The summed E-state index contributed by atoms with van der Waals surface area (Å²) in [4.78, 5) is 8.48. The molecule has 0 saturated heterocycles. The van der Waals surface area contributed by atoms with Crippen LogP contribution in [0.5, 0.6) is 0 Å². The van der Waals surface area contributed by atoms with Gasteiger partial charge in [0.05, 0.1) is 4.92 Å². The lowest BCUT2D eigenvalue weighted by Crippen LogP contribution is -2.36. The summed E-state index contributed by atoms with van der Waals surface area (Å²) in [5, 5.41) is 19.2. The Morgan fingerprint density at radius 1 is 1.40 bits per heavy atom. The number of nitro benzene ring substituents is 1. The highest BCUT2D eigenvalue weighted by molar-refractivity contribution is 7.89. The molecule has 1 aromatic rings. The SMILES string of the molecule is O=[N+]([O-])c1ccc(F)c(S(=O)(=O)NCC(O)C(F)F)c1. The van der Waals surface area contributed by atoms with Gasteiger partial charge in [-0.1, -0.05) is 0 Å². The molecule has 1 aromatic carbocycles. The standard InChI is InChI=1S/C9H9F3N2O5S/c10-6-2-1-5(14(16)17)3-8(6)20(18,19)13-4-7(15)9(11)12/h1-3,7,9,13,15H,4H2. The first-order valence-corrected chi connectivity index (χ1v) is 6.53. The number of alkyl halides is 2. The maximum atomic E-state index is 13.4. The molecule has 0 saturated carbocycles. The van der Waals surface area contributed by atoms with E-state index in [4.69, 9.17) is 5.11 Å². The second-order valence-corrected chi connectivity index (χ2v) is 5.36. The van der Waals surface area contributed by atoms with Crippen molar-refractivity contribution in [2.75, 3.05) is 6.54 Å². The van der Waals surface area contributed by atoms with E-state index in [2.05, 4.69) is 0 Å². The van der Waals surface area contributed by atoms with E-state index in [-0.39, 0.29) is 0 Å². The molecule has 7 nitrogen and oxygen atoms in total. The number of nitro groups is 1. The molecule has 112 valence electrons. The largest absolute Gasteiger partial charge is 0.386 e. The number of aliphatic hydroxyl groups excluding tert-OH is 1. The van der Waals surface area contributed by atoms with E-state index in [1.54, 1.807) is 4.72 Å². The number of hydrogen-bond donors (Lipinski definition) is 2. The van der Waals surface area contributed by atoms with Gasteiger partial charge in [0.15, 0.2) is 0 Å². The Morgan fingerprint density at radius 3 is 2.50 bits per heavy atom. The van der Waals surface area contributed by atoms with E-state index in [0.717, 1.165) is 6.07 Å². The minimum atomic E-state index is -4.60. The number of nitrogens with zero attached hydrogens (tertiary/aromatic N) is 1. The summed E-state index contributed by atoms with van der Waals surface area (Å²) in [5.74, 6) is -1.28. The smallest absolute Gasteiger partial charge is 0.270 e. The Bertz CT molecular complexity index is 608. The van der Waals surface area contributed by atoms with Crippen molar-refractivity contribution in [3.05, 3.63) is 34.1 Å². The fourth-order valence-corrected chi connectivity index (χ4v) is 2.32. The van der Waals surface area contributed by atoms with Gasteiger partial charge in [0, 0.05) is 18.7 Å². The third kappa shape index (κ3) is 3.88. The van der Waals surface area contributed by atoms with Gasteiger partial charge in [0.1, 0.15) is 16.8 Å². The summed E-state index contributed by atoms with van der Waals surface area (Å²) >= 11 is 0. The predicted octanol–water partition coefficient (Wildman–Crippen LogP) is 0.638. The molecular formula is C9H9F3N2O5S. The summed E-state index contributed by atoms with van der Waals surface area (Å²) in [6.45, 7) is -1.05. The normalized spacial score (nSPS) is 13.4. The number of aliphatic hydroxyl groups is 1. The number of non-ortho nitro benzene ring substituents is 1. The van der Waals surface area contributed by atoms with E-state index >= 15 is 0 Å². The van der Waals surface area contributed by atoms with Crippen LogP contribution in [0.4, 0.5) is 18.9 Å². The average Bonchev–Trinajstić information content (AvgIpc) is 2.35. The molecule has 0 aliphatic heterocycles. The minimum Gasteiger partial charge on any atom is -0.386 e. The molecule has 0 bridgehead atoms. The zero-order chi connectivity index (χ0) is 15.5. The Labute approximate surface area is 111 Å². The second-order valence-electron chi connectivity index (χ2n) is 3.63. The molecule has 1 atom stereocenters. The van der Waals surface area contributed by atoms with Crippen LogP contribution in [0, 0.1) is 15.9 Å². The summed E-state index contributed by atoms with van der Waals surface area (Å²) in [7, 11) is -4.60. The van der Waals surface area contributed by atoms with Gasteiger partial charge in [0.2, 0.25) is 10.0 Å². The van der Waals surface area contributed by atoms with Gasteiger partial charge in [-0.15, -0.1) is 0 Å². The lowest BCUT2D eigenvalue weighted by molar-refractivity contribution is -0.385. The second kappa shape index (κ2) is 6.15. The third-order valence-electron chi connectivity index (χ3n) is 2.19. The van der Waals surface area contributed by atoms with Crippen molar-refractivity contribution in [2.24, 2.45) is 0 Å². The van der Waals surface area contributed by atoms with Gasteiger partial charge in [-0.2, -0.15) is 0 Å². The number of halogens is 3. The van der Waals surface area contributed by atoms with Gasteiger partial charge in [0.25, 0.3) is 12.1 Å². The highest BCUT2D eigenvalue weighted by atomic mass is 32.2. The molecule has 1 rings (SSSR count). The molecule has 0 fully saturated rings. The summed E-state index contributed by atoms with van der Waals surface area (Å²) in [5.41, 5.74) is -0.679. The quantitative estimate of drug-likeness (QED) is 0.591. The molecule has 0 aromatic heterocycles. The van der Waals surface area contributed by atoms with E-state index in [1.165, 1.54) is 0 Å². The van der Waals surface area contributed by atoms with Crippen LogP contribution in [0.25, 0.3) is 0 Å². The van der Waals surface area contributed by atoms with Gasteiger partial charge < -0.3 is 5.11 Å². The number of hydrogen-bond acceptors (Lipinski definition) is 5. The lowest BCUT2D eigenvalue weighted by Gasteiger charge is -2.11. The maximum Gasteiger partial charge on any atom is 0.270 e. The molecule has 0 amide bonds. The van der Waals surface area contributed by atoms with E-state index in [1.807, 2.05) is 0 Å². The van der Waals surface area contributed by atoms with Crippen LogP contribution in [0.2, 0.25) is 0 Å². The van der Waals surface area contributed by atoms with Crippen molar-refractivity contribution in [1.29, 1.82) is 0 Å². The number of rotatable bonds is 6.